The van der Waals surface area contributed by atoms with E-state index in [9.17, 15) is 4.79 Å². The van der Waals surface area contributed by atoms with Crippen LogP contribution in [-0.4, -0.2) is 38.8 Å². The van der Waals surface area contributed by atoms with Crippen molar-refractivity contribution in [2.45, 2.75) is 25.2 Å². The minimum Gasteiger partial charge on any atom is -0.369 e. The summed E-state index contributed by atoms with van der Waals surface area (Å²) in [5, 5.41) is 19.2. The third-order valence-electron chi connectivity index (χ3n) is 4.28. The molecule has 0 atom stereocenters. The molecule has 0 unspecified atom stereocenters. The molecule has 26 heavy (non-hydrogen) atoms. The molecule has 0 bridgehead atoms. The van der Waals surface area contributed by atoms with Gasteiger partial charge in [-0.1, -0.05) is 15.9 Å². The third kappa shape index (κ3) is 3.85. The van der Waals surface area contributed by atoms with Crippen LogP contribution in [0.4, 0.5) is 5.82 Å². The number of anilines is 1. The van der Waals surface area contributed by atoms with Gasteiger partial charge in [-0.25, -0.2) is 0 Å². The van der Waals surface area contributed by atoms with E-state index in [0.29, 0.717) is 18.0 Å². The number of hydrogen-bond acceptors (Lipinski definition) is 5. The number of nitrogens with one attached hydrogen (secondary N) is 2. The number of nitrogens with zero attached hydrogens (tertiary/aromatic N) is 4. The lowest BCUT2D eigenvalue weighted by molar-refractivity contribution is 0.0953. The fourth-order valence-electron chi connectivity index (χ4n) is 2.71. The van der Waals surface area contributed by atoms with Gasteiger partial charge in [0.2, 0.25) is 0 Å². The van der Waals surface area contributed by atoms with Crippen molar-refractivity contribution < 1.29 is 4.79 Å². The van der Waals surface area contributed by atoms with E-state index in [2.05, 4.69) is 41.9 Å². The molecule has 0 spiro atoms. The molecule has 0 radical (unpaired) electrons. The zero-order valence-corrected chi connectivity index (χ0v) is 15.7. The summed E-state index contributed by atoms with van der Waals surface area (Å²) in [6.45, 7) is 1.32. The number of amides is 1. The van der Waals surface area contributed by atoms with Crippen LogP contribution in [0.25, 0.3) is 5.65 Å². The fraction of sp³-hybridized carbons (Fsp3) is 0.333. The van der Waals surface area contributed by atoms with Crippen LogP contribution in [-0.2, 0) is 0 Å². The average Bonchev–Trinajstić information content (AvgIpc) is 3.41. The molecule has 1 aliphatic carbocycles. The number of carbonyl (C=O) groups is 1. The Balaban J connectivity index is 1.25. The summed E-state index contributed by atoms with van der Waals surface area (Å²) in [5.74, 6) is 2.18. The van der Waals surface area contributed by atoms with Crippen LogP contribution >= 0.6 is 15.9 Å². The lowest BCUT2D eigenvalue weighted by Crippen LogP contribution is -2.25. The fourth-order valence-corrected chi connectivity index (χ4v) is 2.97. The van der Waals surface area contributed by atoms with E-state index in [-0.39, 0.29) is 5.91 Å². The topological polar surface area (TPSA) is 84.2 Å². The Morgan fingerprint density at radius 2 is 1.92 bits per heavy atom. The third-order valence-corrected chi connectivity index (χ3v) is 4.81. The molecule has 1 amide bonds. The zero-order valence-electron chi connectivity index (χ0n) is 14.2. The molecule has 2 N–H and O–H groups in total. The molecule has 2 heterocycles. The molecule has 2 aromatic heterocycles. The van der Waals surface area contributed by atoms with Crippen LogP contribution in [0.5, 0.6) is 0 Å². The Bertz CT molecular complexity index is 919. The molecular weight excluding hydrogens is 396 g/mol. The molecule has 1 saturated carbocycles. The number of carbonyl (C=O) groups excluding carboxylic acids is 1. The van der Waals surface area contributed by atoms with Crippen molar-refractivity contribution in [3.05, 3.63) is 52.3 Å². The van der Waals surface area contributed by atoms with E-state index in [4.69, 9.17) is 0 Å². The molecule has 0 saturated heterocycles. The SMILES string of the molecule is O=C(NCCCNc1ccc2nnc(C3CC3)n2n1)c1ccc(Br)cc1. The normalized spacial score (nSPS) is 13.7. The lowest BCUT2D eigenvalue weighted by Gasteiger charge is -2.08. The summed E-state index contributed by atoms with van der Waals surface area (Å²) in [7, 11) is 0. The number of fused-ring (bicyclic) bond motifs is 1. The van der Waals surface area contributed by atoms with Crippen molar-refractivity contribution >= 4 is 33.3 Å². The molecule has 1 fully saturated rings. The Labute approximate surface area is 159 Å². The van der Waals surface area contributed by atoms with Crippen LogP contribution in [0.3, 0.4) is 0 Å². The Morgan fingerprint density at radius 3 is 2.69 bits per heavy atom. The Morgan fingerprint density at radius 1 is 1.12 bits per heavy atom. The van der Waals surface area contributed by atoms with Crippen molar-refractivity contribution in [2.24, 2.45) is 0 Å². The number of hydrogen-bond donors (Lipinski definition) is 2. The van der Waals surface area contributed by atoms with Gasteiger partial charge in [0.15, 0.2) is 11.5 Å². The second-order valence-corrected chi connectivity index (χ2v) is 7.28. The van der Waals surface area contributed by atoms with Crippen molar-refractivity contribution in [3.8, 4) is 0 Å². The minimum atomic E-state index is -0.0596. The van der Waals surface area contributed by atoms with Crippen molar-refractivity contribution in [3.63, 3.8) is 0 Å². The molecule has 7 nitrogen and oxygen atoms in total. The van der Waals surface area contributed by atoms with Crippen LogP contribution in [0.15, 0.2) is 40.9 Å². The quantitative estimate of drug-likeness (QED) is 0.580. The van der Waals surface area contributed by atoms with Gasteiger partial charge in [-0.05, 0) is 55.7 Å². The predicted octanol–water partition coefficient (Wildman–Crippen LogP) is 3.00. The van der Waals surface area contributed by atoms with Crippen molar-refractivity contribution in [2.75, 3.05) is 18.4 Å². The number of aromatic nitrogens is 4. The van der Waals surface area contributed by atoms with Crippen LogP contribution < -0.4 is 10.6 Å². The first-order chi connectivity index (χ1) is 12.7. The summed E-state index contributed by atoms with van der Waals surface area (Å²) in [6, 6.07) is 11.1. The summed E-state index contributed by atoms with van der Waals surface area (Å²) in [5.41, 5.74) is 1.44. The average molecular weight is 415 g/mol. The minimum absolute atomic E-state index is 0.0596. The van der Waals surface area contributed by atoms with Crippen LogP contribution in [0.1, 0.15) is 41.4 Å². The molecule has 1 aliphatic rings. The van der Waals surface area contributed by atoms with Gasteiger partial charge in [-0.3, -0.25) is 4.79 Å². The van der Waals surface area contributed by atoms with Gasteiger partial charge in [-0.15, -0.1) is 15.3 Å². The molecule has 134 valence electrons. The summed E-state index contributed by atoms with van der Waals surface area (Å²) >= 11 is 3.36. The van der Waals surface area contributed by atoms with E-state index in [1.807, 2.05) is 28.8 Å². The highest BCUT2D eigenvalue weighted by atomic mass is 79.9. The van der Waals surface area contributed by atoms with E-state index >= 15 is 0 Å². The van der Waals surface area contributed by atoms with Gasteiger partial charge >= 0.3 is 0 Å². The van der Waals surface area contributed by atoms with Gasteiger partial charge in [0.25, 0.3) is 5.91 Å². The van der Waals surface area contributed by atoms with Gasteiger partial charge in [0, 0.05) is 29.0 Å². The predicted molar refractivity (Wildman–Crippen MR) is 102 cm³/mol. The molecule has 1 aromatic carbocycles. The second kappa shape index (κ2) is 7.41. The maximum absolute atomic E-state index is 12.0. The van der Waals surface area contributed by atoms with E-state index in [1.54, 1.807) is 12.1 Å². The maximum atomic E-state index is 12.0. The summed E-state index contributed by atoms with van der Waals surface area (Å²) in [6.07, 6.45) is 3.13. The highest BCUT2D eigenvalue weighted by Gasteiger charge is 2.29. The Hall–Kier alpha value is -2.48. The first-order valence-electron chi connectivity index (χ1n) is 8.71. The maximum Gasteiger partial charge on any atom is 0.251 e. The van der Waals surface area contributed by atoms with Gasteiger partial charge in [0.05, 0.1) is 0 Å². The van der Waals surface area contributed by atoms with E-state index in [1.165, 1.54) is 0 Å². The second-order valence-electron chi connectivity index (χ2n) is 6.36. The zero-order chi connectivity index (χ0) is 17.9. The molecule has 4 rings (SSSR count). The molecular formula is C18H19BrN6O. The van der Waals surface area contributed by atoms with Crippen LogP contribution in [0.2, 0.25) is 0 Å². The Kier molecular flexibility index (Phi) is 4.83. The van der Waals surface area contributed by atoms with Crippen molar-refractivity contribution in [1.82, 2.24) is 25.1 Å². The first-order valence-corrected chi connectivity index (χ1v) is 9.50. The summed E-state index contributed by atoms with van der Waals surface area (Å²) < 4.78 is 2.79. The number of halogens is 1. The highest BCUT2D eigenvalue weighted by molar-refractivity contribution is 9.10. The smallest absolute Gasteiger partial charge is 0.251 e. The first kappa shape index (κ1) is 17.0. The van der Waals surface area contributed by atoms with Crippen molar-refractivity contribution in [1.29, 1.82) is 0 Å². The molecule has 3 aromatic rings. The highest BCUT2D eigenvalue weighted by Crippen LogP contribution is 2.38. The summed E-state index contributed by atoms with van der Waals surface area (Å²) in [4.78, 5) is 12.0. The van der Waals surface area contributed by atoms with Crippen LogP contribution in [0, 0.1) is 0 Å². The standard InChI is InChI=1S/C18H19BrN6O/c19-14-6-4-13(5-7-14)18(26)21-11-1-10-20-15-8-9-16-22-23-17(12-2-3-12)25(16)24-15/h4-9,12H,1-3,10-11H2,(H,20,24)(H,21,26). The monoisotopic (exact) mass is 414 g/mol. The largest absolute Gasteiger partial charge is 0.369 e. The van der Waals surface area contributed by atoms with Gasteiger partial charge < -0.3 is 10.6 Å². The van der Waals surface area contributed by atoms with E-state index < -0.39 is 0 Å². The number of rotatable bonds is 7. The lowest BCUT2D eigenvalue weighted by atomic mass is 10.2. The van der Waals surface area contributed by atoms with E-state index in [0.717, 1.165) is 47.6 Å². The van der Waals surface area contributed by atoms with Gasteiger partial charge in [0.1, 0.15) is 5.82 Å². The number of benzene rings is 1. The molecule has 8 heteroatoms. The molecule has 0 aliphatic heterocycles. The van der Waals surface area contributed by atoms with Gasteiger partial charge in [-0.2, -0.15) is 4.52 Å².